The molecule has 0 amide bonds. The van der Waals surface area contributed by atoms with E-state index in [9.17, 15) is 28.0 Å². The van der Waals surface area contributed by atoms with Crippen LogP contribution in [0, 0.1) is 23.5 Å². The Kier molecular flexibility index (Phi) is 18.7. The van der Waals surface area contributed by atoms with Crippen molar-refractivity contribution < 1.29 is 38.2 Å². The third-order valence-electron chi connectivity index (χ3n) is 10.6. The first kappa shape index (κ1) is 50.0. The Labute approximate surface area is 395 Å². The molecule has 0 bridgehead atoms. The van der Waals surface area contributed by atoms with Crippen molar-refractivity contribution in [2.45, 2.75) is 25.7 Å². The number of piperidine rings is 2. The molecule has 2 aliphatic heterocycles. The van der Waals surface area contributed by atoms with Gasteiger partial charge in [-0.05, 0) is 163 Å². The molecule has 0 spiro atoms. The molecule has 5 aromatic rings. The van der Waals surface area contributed by atoms with E-state index < -0.39 is 23.6 Å². The number of thiocarbonyl (C=S) groups is 2. The lowest BCUT2D eigenvalue weighted by molar-refractivity contribution is 0.0651. The highest BCUT2D eigenvalue weighted by atomic mass is 79.9. The van der Waals surface area contributed by atoms with Crippen LogP contribution in [0.3, 0.4) is 0 Å². The zero-order valence-corrected chi connectivity index (χ0v) is 38.9. The van der Waals surface area contributed by atoms with Gasteiger partial charge < -0.3 is 41.3 Å². The average molecular weight is 988 g/mol. The molecule has 17 heteroatoms. The number of nitrogens with one attached hydrogen (secondary N) is 4. The van der Waals surface area contributed by atoms with Gasteiger partial charge in [0.25, 0.3) is 0 Å². The smallest absolute Gasteiger partial charge is 0.336 e. The van der Waals surface area contributed by atoms with Crippen molar-refractivity contribution in [3.8, 4) is 0 Å². The summed E-state index contributed by atoms with van der Waals surface area (Å²) in [6.07, 6.45) is 3.57. The fourth-order valence-electron chi connectivity index (χ4n) is 7.12. The van der Waals surface area contributed by atoms with Gasteiger partial charge in [-0.1, -0.05) is 52.3 Å². The predicted octanol–water partition coefficient (Wildman–Crippen LogP) is 10.2. The van der Waals surface area contributed by atoms with Gasteiger partial charge in [-0.2, -0.15) is 0 Å². The van der Waals surface area contributed by atoms with Crippen LogP contribution in [0.25, 0.3) is 0 Å². The molecule has 6 N–H and O–H groups in total. The van der Waals surface area contributed by atoms with Gasteiger partial charge in [0.2, 0.25) is 0 Å². The number of hydrogen-bond acceptors (Lipinski definition) is 8. The van der Waals surface area contributed by atoms with Crippen LogP contribution in [-0.2, 0) is 0 Å². The lowest BCUT2D eigenvalue weighted by atomic mass is 9.89. The maximum atomic E-state index is 13.3. The van der Waals surface area contributed by atoms with Crippen LogP contribution in [0.5, 0.6) is 0 Å². The van der Waals surface area contributed by atoms with E-state index in [0.717, 1.165) is 91.5 Å². The minimum atomic E-state index is -1.23. The first-order valence-corrected chi connectivity index (χ1v) is 22.2. The normalized spacial score (nSPS) is 14.3. The molecule has 2 heterocycles. The molecule has 340 valence electrons. The quantitative estimate of drug-likeness (QED) is 0.0579. The highest BCUT2D eigenvalue weighted by molar-refractivity contribution is 9.10. The SMILES string of the molecule is CN1CCC(C(=O)c2cccc(NC(=S)Nc3cc(F)cc(F)c3)c2)CC1.CN1CCC(C(=O)c2cccc(NC(=S)Nc3ccc(Br)cc3)c2)CC1.O=C(O)c1ccccc1C(=O)O. The molecule has 7 rings (SSSR count). The van der Waals surface area contributed by atoms with Gasteiger partial charge in [0, 0.05) is 56.3 Å². The molecule has 12 nitrogen and oxygen atoms in total. The molecular formula is C48H49BrF2N6O6S2. The zero-order chi connectivity index (χ0) is 47.0. The van der Waals surface area contributed by atoms with Crippen LogP contribution in [0.1, 0.15) is 67.1 Å². The number of aromatic carboxylic acids is 2. The molecule has 0 aromatic heterocycles. The minimum Gasteiger partial charge on any atom is -0.478 e. The molecule has 65 heavy (non-hydrogen) atoms. The molecule has 0 atom stereocenters. The number of carboxylic acid groups (broad SMARTS) is 2. The van der Waals surface area contributed by atoms with E-state index in [1.54, 1.807) is 24.3 Å². The summed E-state index contributed by atoms with van der Waals surface area (Å²) < 4.78 is 27.5. The highest BCUT2D eigenvalue weighted by Crippen LogP contribution is 2.25. The fraction of sp³-hybridized carbons (Fsp3) is 0.250. The van der Waals surface area contributed by atoms with Crippen molar-refractivity contribution in [2.75, 3.05) is 61.5 Å². The molecule has 0 saturated carbocycles. The van der Waals surface area contributed by atoms with Crippen LogP contribution in [0.2, 0.25) is 0 Å². The monoisotopic (exact) mass is 986 g/mol. The van der Waals surface area contributed by atoms with E-state index in [1.165, 1.54) is 24.3 Å². The van der Waals surface area contributed by atoms with Crippen molar-refractivity contribution in [3.05, 3.63) is 154 Å². The zero-order valence-electron chi connectivity index (χ0n) is 35.7. The number of hydrogen-bond donors (Lipinski definition) is 6. The number of halogens is 3. The van der Waals surface area contributed by atoms with E-state index in [1.807, 2.05) is 48.5 Å². The van der Waals surface area contributed by atoms with Crippen molar-refractivity contribution in [2.24, 2.45) is 11.8 Å². The van der Waals surface area contributed by atoms with Gasteiger partial charge in [0.15, 0.2) is 21.8 Å². The molecule has 2 aliphatic rings. The topological polar surface area (TPSA) is 163 Å². The Morgan fingerprint density at radius 1 is 0.538 bits per heavy atom. The second-order valence-electron chi connectivity index (χ2n) is 15.5. The van der Waals surface area contributed by atoms with Crippen LogP contribution in [0.15, 0.2) is 120 Å². The summed E-state index contributed by atoms with van der Waals surface area (Å²) in [5.74, 6) is -3.31. The fourth-order valence-corrected chi connectivity index (χ4v) is 7.85. The van der Waals surface area contributed by atoms with Gasteiger partial charge in [-0.25, -0.2) is 18.4 Å². The molecule has 5 aromatic carbocycles. The molecule has 2 saturated heterocycles. The van der Waals surface area contributed by atoms with Crippen LogP contribution < -0.4 is 21.3 Å². The maximum Gasteiger partial charge on any atom is 0.336 e. The molecule has 0 radical (unpaired) electrons. The second kappa shape index (κ2) is 24.3. The number of ketones is 2. The average Bonchev–Trinajstić information content (AvgIpc) is 3.27. The first-order chi connectivity index (χ1) is 31.0. The Bertz CT molecular complexity index is 2450. The van der Waals surface area contributed by atoms with Gasteiger partial charge in [0.1, 0.15) is 11.6 Å². The minimum absolute atomic E-state index is 0.0387. The van der Waals surface area contributed by atoms with Gasteiger partial charge in [-0.15, -0.1) is 0 Å². The number of benzene rings is 5. The third-order valence-corrected chi connectivity index (χ3v) is 11.5. The summed E-state index contributed by atoms with van der Waals surface area (Å²) in [5.41, 5.74) is 3.58. The van der Waals surface area contributed by atoms with Crippen molar-refractivity contribution >= 4 is 96.8 Å². The summed E-state index contributed by atoms with van der Waals surface area (Å²) in [7, 11) is 4.16. The van der Waals surface area contributed by atoms with E-state index in [2.05, 4.69) is 61.1 Å². The van der Waals surface area contributed by atoms with Crippen molar-refractivity contribution in [1.29, 1.82) is 0 Å². The standard InChI is InChI=1S/C20H22BrN3OS.C20H21F2N3OS.C8H6O4/c1-24-11-9-14(10-12-24)19(25)15-3-2-4-18(13-15)23-20(26)22-17-7-5-16(21)6-8-17;1-25-7-5-13(6-8-25)19(26)14-3-2-4-17(9-14)23-20(27)24-18-11-15(21)10-16(22)12-18;9-7(10)5-3-1-2-4-6(5)8(11)12/h2-8,13-14H,9-12H2,1H3,(H2,22,23,26);2-4,9-13H,5-8H2,1H3,(H2,23,24,27);1-4H,(H,9,10)(H,11,12). The van der Waals surface area contributed by atoms with E-state index >= 15 is 0 Å². The summed E-state index contributed by atoms with van der Waals surface area (Å²) >= 11 is 14.0. The lowest BCUT2D eigenvalue weighted by Gasteiger charge is -2.28. The van der Waals surface area contributed by atoms with Crippen LogP contribution in [0.4, 0.5) is 31.5 Å². The van der Waals surface area contributed by atoms with Crippen molar-refractivity contribution in [3.63, 3.8) is 0 Å². The largest absolute Gasteiger partial charge is 0.478 e. The predicted molar refractivity (Wildman–Crippen MR) is 263 cm³/mol. The number of likely N-dealkylation sites (tertiary alicyclic amines) is 2. The summed E-state index contributed by atoms with van der Waals surface area (Å²) in [6, 6.07) is 31.1. The number of nitrogens with zero attached hydrogens (tertiary/aromatic N) is 2. The van der Waals surface area contributed by atoms with Crippen molar-refractivity contribution in [1.82, 2.24) is 9.80 Å². The lowest BCUT2D eigenvalue weighted by Crippen LogP contribution is -2.33. The first-order valence-electron chi connectivity index (χ1n) is 20.6. The Morgan fingerprint density at radius 2 is 0.923 bits per heavy atom. The number of carbonyl (C=O) groups is 4. The van der Waals surface area contributed by atoms with E-state index in [0.29, 0.717) is 16.4 Å². The maximum absolute atomic E-state index is 13.3. The number of carboxylic acids is 2. The molecular weight excluding hydrogens is 939 g/mol. The molecule has 0 unspecified atom stereocenters. The summed E-state index contributed by atoms with van der Waals surface area (Å²) in [4.78, 5) is 50.9. The second-order valence-corrected chi connectivity index (χ2v) is 17.3. The number of Topliss-reactive ketones (excluding diaryl/α,β-unsaturated/α-hetero) is 2. The van der Waals surface area contributed by atoms with E-state index in [-0.39, 0.29) is 45.3 Å². The number of rotatable bonds is 10. The summed E-state index contributed by atoms with van der Waals surface area (Å²) in [5, 5.41) is 29.8. The van der Waals surface area contributed by atoms with Gasteiger partial charge in [0.05, 0.1) is 11.1 Å². The molecule has 2 fully saturated rings. The Hall–Kier alpha value is -5.98. The third kappa shape index (κ3) is 15.9. The van der Waals surface area contributed by atoms with Gasteiger partial charge >= 0.3 is 11.9 Å². The Morgan fingerprint density at radius 3 is 1.32 bits per heavy atom. The Balaban J connectivity index is 0.000000196. The summed E-state index contributed by atoms with van der Waals surface area (Å²) in [6.45, 7) is 3.81. The van der Waals surface area contributed by atoms with Crippen LogP contribution >= 0.6 is 40.4 Å². The number of carbonyl (C=O) groups excluding carboxylic acids is 2. The van der Waals surface area contributed by atoms with Crippen LogP contribution in [-0.4, -0.2) is 94.0 Å². The number of anilines is 4. The van der Waals surface area contributed by atoms with Gasteiger partial charge in [-0.3, -0.25) is 9.59 Å². The molecule has 0 aliphatic carbocycles. The van der Waals surface area contributed by atoms with E-state index in [4.69, 9.17) is 34.6 Å². The highest BCUT2D eigenvalue weighted by Gasteiger charge is 2.26.